The van der Waals surface area contributed by atoms with Crippen molar-refractivity contribution in [3.63, 3.8) is 0 Å². The zero-order chi connectivity index (χ0) is 11.8. The van der Waals surface area contributed by atoms with Gasteiger partial charge in [-0.1, -0.05) is 17.7 Å². The number of hydrogen-bond donors (Lipinski definition) is 2. The van der Waals surface area contributed by atoms with Gasteiger partial charge in [-0.3, -0.25) is 4.90 Å². The van der Waals surface area contributed by atoms with Gasteiger partial charge in [-0.25, -0.2) is 4.98 Å². The van der Waals surface area contributed by atoms with Gasteiger partial charge in [0.05, 0.1) is 0 Å². The van der Waals surface area contributed by atoms with E-state index in [1.165, 1.54) is 12.8 Å². The quantitative estimate of drug-likeness (QED) is 0.778. The van der Waals surface area contributed by atoms with Crippen LogP contribution in [0.1, 0.15) is 18.4 Å². The molecule has 2 bridgehead atoms. The number of hydrogen-bond acceptors (Lipinski definition) is 4. The van der Waals surface area contributed by atoms with Crippen LogP contribution in [0.25, 0.3) is 0 Å². The molecule has 1 aromatic heterocycles. The molecule has 3 rings (SSSR count). The minimum absolute atomic E-state index is 0.464. The summed E-state index contributed by atoms with van der Waals surface area (Å²) in [4.78, 5) is 6.55. The third kappa shape index (κ3) is 2.39. The van der Waals surface area contributed by atoms with E-state index in [4.69, 9.17) is 17.3 Å². The molecule has 0 aliphatic carbocycles. The van der Waals surface area contributed by atoms with Crippen molar-refractivity contribution in [2.75, 3.05) is 18.8 Å². The lowest BCUT2D eigenvalue weighted by Crippen LogP contribution is -2.50. The first kappa shape index (κ1) is 11.3. The fraction of sp³-hybridized carbons (Fsp3) is 0.583. The Morgan fingerprint density at radius 3 is 2.71 bits per heavy atom. The molecule has 0 saturated carbocycles. The summed E-state index contributed by atoms with van der Waals surface area (Å²) in [5, 5.41) is 4.08. The predicted octanol–water partition coefficient (Wildman–Crippen LogP) is 1.25. The summed E-state index contributed by atoms with van der Waals surface area (Å²) in [6.45, 7) is 3.10. The van der Waals surface area contributed by atoms with Gasteiger partial charge in [-0.05, 0) is 18.9 Å². The highest BCUT2D eigenvalue weighted by molar-refractivity contribution is 6.29. The molecule has 5 heteroatoms. The van der Waals surface area contributed by atoms with Gasteiger partial charge in [-0.15, -0.1) is 0 Å². The molecule has 17 heavy (non-hydrogen) atoms. The Bertz CT molecular complexity index is 411. The second-order valence-corrected chi connectivity index (χ2v) is 5.40. The summed E-state index contributed by atoms with van der Waals surface area (Å²) < 4.78 is 0. The van der Waals surface area contributed by atoms with Gasteiger partial charge in [-0.2, -0.15) is 0 Å². The van der Waals surface area contributed by atoms with E-state index in [2.05, 4.69) is 15.2 Å². The number of fused-ring (bicyclic) bond motifs is 2. The minimum atomic E-state index is 0.464. The van der Waals surface area contributed by atoms with Crippen molar-refractivity contribution in [2.24, 2.45) is 0 Å². The normalized spacial score (nSPS) is 28.5. The molecule has 0 spiro atoms. The Hall–Kier alpha value is -0.840. The molecule has 3 N–H and O–H groups in total. The lowest BCUT2D eigenvalue weighted by molar-refractivity contribution is 0.189. The SMILES string of the molecule is Nc1nc(Cl)ccc1CN1CC2CCC(C1)N2. The molecule has 0 radical (unpaired) electrons. The van der Waals surface area contributed by atoms with Crippen molar-refractivity contribution in [3.8, 4) is 0 Å². The molecule has 92 valence electrons. The molecule has 0 amide bonds. The summed E-state index contributed by atoms with van der Waals surface area (Å²) in [5.41, 5.74) is 6.96. The van der Waals surface area contributed by atoms with Gasteiger partial charge in [0.15, 0.2) is 0 Å². The Morgan fingerprint density at radius 1 is 1.35 bits per heavy atom. The van der Waals surface area contributed by atoms with Crippen LogP contribution in [0.15, 0.2) is 12.1 Å². The summed E-state index contributed by atoms with van der Waals surface area (Å²) >= 11 is 5.80. The van der Waals surface area contributed by atoms with E-state index in [0.29, 0.717) is 23.1 Å². The molecule has 2 aliphatic rings. The lowest BCUT2D eigenvalue weighted by Gasteiger charge is -2.32. The van der Waals surface area contributed by atoms with Crippen molar-refractivity contribution in [1.29, 1.82) is 0 Å². The van der Waals surface area contributed by atoms with Gasteiger partial charge >= 0.3 is 0 Å². The summed E-state index contributed by atoms with van der Waals surface area (Å²) in [7, 11) is 0. The predicted molar refractivity (Wildman–Crippen MR) is 68.9 cm³/mol. The van der Waals surface area contributed by atoms with Crippen molar-refractivity contribution in [3.05, 3.63) is 22.8 Å². The first-order valence-electron chi connectivity index (χ1n) is 6.10. The molecular weight excluding hydrogens is 236 g/mol. The van der Waals surface area contributed by atoms with Crippen LogP contribution in [0.2, 0.25) is 5.15 Å². The number of pyridine rings is 1. The number of nitrogen functional groups attached to an aromatic ring is 1. The number of nitrogens with one attached hydrogen (secondary N) is 1. The minimum Gasteiger partial charge on any atom is -0.383 e. The van der Waals surface area contributed by atoms with Crippen molar-refractivity contribution < 1.29 is 0 Å². The molecule has 4 nitrogen and oxygen atoms in total. The van der Waals surface area contributed by atoms with Crippen molar-refractivity contribution in [1.82, 2.24) is 15.2 Å². The number of anilines is 1. The van der Waals surface area contributed by atoms with Gasteiger partial charge < -0.3 is 11.1 Å². The van der Waals surface area contributed by atoms with Crippen LogP contribution in [-0.2, 0) is 6.54 Å². The number of rotatable bonds is 2. The molecule has 2 saturated heterocycles. The maximum Gasteiger partial charge on any atom is 0.131 e. The Kier molecular flexibility index (Phi) is 2.94. The van der Waals surface area contributed by atoms with E-state index >= 15 is 0 Å². The smallest absolute Gasteiger partial charge is 0.131 e. The fourth-order valence-electron chi connectivity index (χ4n) is 2.87. The third-order valence-corrected chi connectivity index (χ3v) is 3.87. The lowest BCUT2D eigenvalue weighted by atomic mass is 10.2. The maximum absolute atomic E-state index is 5.89. The number of nitrogens with two attached hydrogens (primary N) is 1. The molecule has 0 aromatic carbocycles. The van der Waals surface area contributed by atoms with E-state index < -0.39 is 0 Å². The van der Waals surface area contributed by atoms with E-state index in [-0.39, 0.29) is 0 Å². The second-order valence-electron chi connectivity index (χ2n) is 5.01. The average molecular weight is 253 g/mol. The van der Waals surface area contributed by atoms with Crippen LogP contribution in [0.4, 0.5) is 5.82 Å². The number of aromatic nitrogens is 1. The summed E-state index contributed by atoms with van der Waals surface area (Å²) in [6.07, 6.45) is 2.60. The maximum atomic E-state index is 5.89. The van der Waals surface area contributed by atoms with E-state index in [1.807, 2.05) is 12.1 Å². The molecule has 1 aromatic rings. The third-order valence-electron chi connectivity index (χ3n) is 3.66. The molecular formula is C12H17ClN4. The molecule has 2 fully saturated rings. The first-order valence-corrected chi connectivity index (χ1v) is 6.48. The second kappa shape index (κ2) is 4.44. The number of piperazine rings is 1. The molecule has 2 atom stereocenters. The van der Waals surface area contributed by atoms with E-state index in [1.54, 1.807) is 0 Å². The van der Waals surface area contributed by atoms with Crippen LogP contribution >= 0.6 is 11.6 Å². The number of halogens is 1. The van der Waals surface area contributed by atoms with Gasteiger partial charge in [0.1, 0.15) is 11.0 Å². The van der Waals surface area contributed by atoms with Gasteiger partial charge in [0.2, 0.25) is 0 Å². The highest BCUT2D eigenvalue weighted by Gasteiger charge is 2.32. The van der Waals surface area contributed by atoms with Crippen LogP contribution in [-0.4, -0.2) is 35.1 Å². The largest absolute Gasteiger partial charge is 0.383 e. The van der Waals surface area contributed by atoms with Crippen LogP contribution in [0, 0.1) is 0 Å². The highest BCUT2D eigenvalue weighted by Crippen LogP contribution is 2.23. The first-order chi connectivity index (χ1) is 8.20. The van der Waals surface area contributed by atoms with Crippen molar-refractivity contribution >= 4 is 17.4 Å². The molecule has 2 aliphatic heterocycles. The monoisotopic (exact) mass is 252 g/mol. The molecule has 2 unspecified atom stereocenters. The zero-order valence-corrected chi connectivity index (χ0v) is 10.5. The van der Waals surface area contributed by atoms with Crippen LogP contribution < -0.4 is 11.1 Å². The van der Waals surface area contributed by atoms with Gasteiger partial charge in [0.25, 0.3) is 0 Å². The average Bonchev–Trinajstić information content (AvgIpc) is 2.62. The zero-order valence-electron chi connectivity index (χ0n) is 9.69. The summed E-state index contributed by atoms with van der Waals surface area (Å²) in [5.74, 6) is 0.559. The standard InChI is InChI=1S/C12H17ClN4/c13-11-4-1-8(12(14)16-11)5-17-6-9-2-3-10(7-17)15-9/h1,4,9-10,15H,2-3,5-7H2,(H2,14,16). The van der Waals surface area contributed by atoms with Gasteiger partial charge in [0, 0.05) is 37.3 Å². The Labute approximate surface area is 106 Å². The van der Waals surface area contributed by atoms with Crippen molar-refractivity contribution in [2.45, 2.75) is 31.5 Å². The summed E-state index contributed by atoms with van der Waals surface area (Å²) in [6, 6.07) is 5.11. The Morgan fingerprint density at radius 2 is 2.06 bits per heavy atom. The fourth-order valence-corrected chi connectivity index (χ4v) is 3.02. The van der Waals surface area contributed by atoms with E-state index in [9.17, 15) is 0 Å². The topological polar surface area (TPSA) is 54.2 Å². The Balaban J connectivity index is 1.70. The number of likely N-dealkylation sites (tertiary alicyclic amines) is 1. The highest BCUT2D eigenvalue weighted by atomic mass is 35.5. The molecule has 3 heterocycles. The van der Waals surface area contributed by atoms with Crippen LogP contribution in [0.3, 0.4) is 0 Å². The van der Waals surface area contributed by atoms with Crippen LogP contribution in [0.5, 0.6) is 0 Å². The van der Waals surface area contributed by atoms with E-state index in [0.717, 1.165) is 25.2 Å². The number of nitrogens with zero attached hydrogens (tertiary/aromatic N) is 2.